The summed E-state index contributed by atoms with van der Waals surface area (Å²) in [6.45, 7) is 2.23. The number of thioether (sulfide) groups is 1. The van der Waals surface area contributed by atoms with E-state index in [1.807, 2.05) is 24.3 Å². The van der Waals surface area contributed by atoms with Crippen LogP contribution in [0, 0.1) is 17.2 Å². The van der Waals surface area contributed by atoms with Crippen LogP contribution in [0.4, 0.5) is 5.00 Å². The zero-order valence-corrected chi connectivity index (χ0v) is 16.6. The van der Waals surface area contributed by atoms with Crippen LogP contribution in [0.3, 0.4) is 0 Å². The van der Waals surface area contributed by atoms with Crippen LogP contribution in [0.15, 0.2) is 33.9 Å². The number of carbonyl (C=O) groups excluding carboxylic acids is 1. The van der Waals surface area contributed by atoms with Gasteiger partial charge in [-0.1, -0.05) is 30.8 Å². The van der Waals surface area contributed by atoms with Gasteiger partial charge >= 0.3 is 0 Å². The maximum absolute atomic E-state index is 12.3. The molecule has 0 radical (unpaired) electrons. The summed E-state index contributed by atoms with van der Waals surface area (Å²) in [5.41, 5.74) is 3.36. The number of hydrogen-bond acceptors (Lipinski definition) is 6. The monoisotopic (exact) mass is 397 g/mol. The second-order valence-electron chi connectivity index (χ2n) is 6.76. The van der Waals surface area contributed by atoms with E-state index >= 15 is 0 Å². The molecule has 1 unspecified atom stereocenters. The van der Waals surface area contributed by atoms with Crippen LogP contribution in [-0.2, 0) is 17.6 Å². The van der Waals surface area contributed by atoms with Crippen LogP contribution in [0.5, 0.6) is 0 Å². The quantitative estimate of drug-likeness (QED) is 0.613. The lowest BCUT2D eigenvalue weighted by molar-refractivity contribution is -0.115. The number of rotatable bonds is 5. The van der Waals surface area contributed by atoms with Crippen molar-refractivity contribution in [2.75, 3.05) is 11.1 Å². The lowest BCUT2D eigenvalue weighted by Gasteiger charge is -2.17. The van der Waals surface area contributed by atoms with Gasteiger partial charge in [-0.05, 0) is 42.9 Å². The number of benzene rings is 1. The number of hydrogen-bond donors (Lipinski definition) is 1. The highest BCUT2D eigenvalue weighted by atomic mass is 32.2. The van der Waals surface area contributed by atoms with Crippen molar-refractivity contribution in [1.82, 2.24) is 4.98 Å². The van der Waals surface area contributed by atoms with Gasteiger partial charge in [0.15, 0.2) is 5.58 Å². The highest BCUT2D eigenvalue weighted by Gasteiger charge is 2.24. The predicted octanol–water partition coefficient (Wildman–Crippen LogP) is 5.01. The summed E-state index contributed by atoms with van der Waals surface area (Å²) in [6.07, 6.45) is 3.37. The predicted molar refractivity (Wildman–Crippen MR) is 108 cm³/mol. The Morgan fingerprint density at radius 2 is 2.33 bits per heavy atom. The fourth-order valence-electron chi connectivity index (χ4n) is 3.29. The average Bonchev–Trinajstić information content (AvgIpc) is 3.21. The first-order valence-electron chi connectivity index (χ1n) is 8.97. The van der Waals surface area contributed by atoms with Gasteiger partial charge in [-0.15, -0.1) is 11.3 Å². The van der Waals surface area contributed by atoms with E-state index in [0.717, 1.165) is 35.9 Å². The first-order chi connectivity index (χ1) is 13.1. The van der Waals surface area contributed by atoms with Crippen LogP contribution in [-0.4, -0.2) is 16.6 Å². The van der Waals surface area contributed by atoms with Crippen molar-refractivity contribution in [2.45, 2.75) is 37.8 Å². The minimum Gasteiger partial charge on any atom is -0.431 e. The standard InChI is InChI=1S/C20H19N3O2S2/c1-12-6-7-13-14(11-21)19(27-17(13)10-12)23-18(24)8-9-26-20-22-15-4-2-3-5-16(15)25-20/h2-5,12H,6-10H2,1H3,(H,23,24). The Kier molecular flexibility index (Phi) is 5.19. The summed E-state index contributed by atoms with van der Waals surface area (Å²) < 4.78 is 5.65. The number of anilines is 1. The molecular weight excluding hydrogens is 378 g/mol. The van der Waals surface area contributed by atoms with Crippen molar-refractivity contribution in [3.8, 4) is 6.07 Å². The minimum atomic E-state index is -0.0817. The van der Waals surface area contributed by atoms with E-state index in [1.54, 1.807) is 11.3 Å². The van der Waals surface area contributed by atoms with Crippen LogP contribution >= 0.6 is 23.1 Å². The van der Waals surface area contributed by atoms with Crippen molar-refractivity contribution in [3.05, 3.63) is 40.3 Å². The normalized spacial score (nSPS) is 16.1. The molecule has 0 fully saturated rings. The van der Waals surface area contributed by atoms with Gasteiger partial charge < -0.3 is 9.73 Å². The van der Waals surface area contributed by atoms with Gasteiger partial charge in [-0.3, -0.25) is 4.79 Å². The van der Waals surface area contributed by atoms with E-state index in [2.05, 4.69) is 23.3 Å². The fourth-order valence-corrected chi connectivity index (χ4v) is 5.44. The van der Waals surface area contributed by atoms with Crippen molar-refractivity contribution in [2.24, 2.45) is 5.92 Å². The molecule has 0 aliphatic heterocycles. The van der Waals surface area contributed by atoms with Gasteiger partial charge in [0.2, 0.25) is 5.91 Å². The maximum atomic E-state index is 12.3. The molecule has 2 heterocycles. The number of oxazole rings is 1. The number of nitrogens with one attached hydrogen (secondary N) is 1. The Morgan fingerprint density at radius 1 is 1.48 bits per heavy atom. The molecule has 0 saturated heterocycles. The Bertz CT molecular complexity index is 999. The first kappa shape index (κ1) is 18.1. The molecule has 27 heavy (non-hydrogen) atoms. The number of nitriles is 1. The minimum absolute atomic E-state index is 0.0817. The second kappa shape index (κ2) is 7.75. The fraction of sp³-hybridized carbons (Fsp3) is 0.350. The Hall–Kier alpha value is -2.30. The van der Waals surface area contributed by atoms with Gasteiger partial charge in [0.1, 0.15) is 16.6 Å². The lowest BCUT2D eigenvalue weighted by atomic mass is 9.89. The third kappa shape index (κ3) is 3.87. The summed E-state index contributed by atoms with van der Waals surface area (Å²) in [6, 6.07) is 9.89. The van der Waals surface area contributed by atoms with Gasteiger partial charge in [0.05, 0.1) is 5.56 Å². The van der Waals surface area contributed by atoms with E-state index in [0.29, 0.717) is 33.9 Å². The number of aromatic nitrogens is 1. The van der Waals surface area contributed by atoms with E-state index in [1.165, 1.54) is 16.6 Å². The molecule has 5 nitrogen and oxygen atoms in total. The molecule has 0 saturated carbocycles. The smallest absolute Gasteiger partial charge is 0.256 e. The topological polar surface area (TPSA) is 78.9 Å². The summed E-state index contributed by atoms with van der Waals surface area (Å²) in [4.78, 5) is 18.0. The molecule has 0 spiro atoms. The van der Waals surface area contributed by atoms with E-state index in [9.17, 15) is 10.1 Å². The number of para-hydroxylation sites is 2. The molecule has 1 N–H and O–H groups in total. The van der Waals surface area contributed by atoms with Crippen LogP contribution in [0.2, 0.25) is 0 Å². The number of carbonyl (C=O) groups is 1. The molecule has 3 aromatic rings. The van der Waals surface area contributed by atoms with Crippen LogP contribution in [0.25, 0.3) is 11.1 Å². The Labute approximate surface area is 165 Å². The van der Waals surface area contributed by atoms with Crippen molar-refractivity contribution in [1.29, 1.82) is 5.26 Å². The molecule has 0 bridgehead atoms. The summed E-state index contributed by atoms with van der Waals surface area (Å²) in [5, 5.41) is 13.7. The molecule has 2 aromatic heterocycles. The number of amides is 1. The molecule has 138 valence electrons. The Morgan fingerprint density at radius 3 is 3.15 bits per heavy atom. The third-order valence-corrected chi connectivity index (χ3v) is 6.70. The van der Waals surface area contributed by atoms with Gasteiger partial charge in [0.25, 0.3) is 5.22 Å². The van der Waals surface area contributed by atoms with Crippen molar-refractivity contribution >= 4 is 45.1 Å². The van der Waals surface area contributed by atoms with E-state index in [4.69, 9.17) is 4.42 Å². The second-order valence-corrected chi connectivity index (χ2v) is 8.91. The van der Waals surface area contributed by atoms with Crippen molar-refractivity contribution < 1.29 is 9.21 Å². The van der Waals surface area contributed by atoms with Crippen LogP contribution < -0.4 is 5.32 Å². The van der Waals surface area contributed by atoms with Gasteiger partial charge in [0, 0.05) is 17.1 Å². The third-order valence-electron chi connectivity index (χ3n) is 4.71. The summed E-state index contributed by atoms with van der Waals surface area (Å²) in [7, 11) is 0. The largest absolute Gasteiger partial charge is 0.431 e. The number of fused-ring (bicyclic) bond motifs is 2. The molecule has 1 aromatic carbocycles. The molecule has 4 rings (SSSR count). The highest BCUT2D eigenvalue weighted by Crippen LogP contribution is 2.39. The van der Waals surface area contributed by atoms with Crippen LogP contribution in [0.1, 0.15) is 35.8 Å². The summed E-state index contributed by atoms with van der Waals surface area (Å²) in [5.74, 6) is 1.13. The zero-order valence-electron chi connectivity index (χ0n) is 14.9. The molecular formula is C20H19N3O2S2. The van der Waals surface area contributed by atoms with Gasteiger partial charge in [-0.2, -0.15) is 5.26 Å². The molecule has 1 atom stereocenters. The Balaban J connectivity index is 1.36. The van der Waals surface area contributed by atoms with Crippen molar-refractivity contribution in [3.63, 3.8) is 0 Å². The average molecular weight is 398 g/mol. The first-order valence-corrected chi connectivity index (χ1v) is 10.8. The zero-order chi connectivity index (χ0) is 18.8. The maximum Gasteiger partial charge on any atom is 0.256 e. The van der Waals surface area contributed by atoms with E-state index in [-0.39, 0.29) is 5.91 Å². The SMILES string of the molecule is CC1CCc2c(sc(NC(=O)CCSc3nc4ccccc4o3)c2C#N)C1. The van der Waals surface area contributed by atoms with E-state index < -0.39 is 0 Å². The molecule has 1 aliphatic carbocycles. The molecule has 1 amide bonds. The summed E-state index contributed by atoms with van der Waals surface area (Å²) >= 11 is 2.98. The number of nitrogens with zero attached hydrogens (tertiary/aromatic N) is 2. The molecule has 7 heteroatoms. The highest BCUT2D eigenvalue weighted by molar-refractivity contribution is 7.99. The number of thiophene rings is 1. The molecule has 1 aliphatic rings. The van der Waals surface area contributed by atoms with Gasteiger partial charge in [-0.25, -0.2) is 4.98 Å². The lowest BCUT2D eigenvalue weighted by Crippen LogP contribution is -2.12.